The van der Waals surface area contributed by atoms with Crippen LogP contribution >= 0.6 is 0 Å². The maximum absolute atomic E-state index is 4.59. The molecule has 100 valence electrons. The highest BCUT2D eigenvalue weighted by Gasteiger charge is 2.24. The molecular weight excluding hydrogens is 222 g/mol. The normalized spacial score (nSPS) is 25.1. The van der Waals surface area contributed by atoms with E-state index in [0.29, 0.717) is 6.04 Å². The first-order valence-electron chi connectivity index (χ1n) is 7.65. The van der Waals surface area contributed by atoms with E-state index in [1.165, 1.54) is 56.3 Å². The van der Waals surface area contributed by atoms with Gasteiger partial charge >= 0.3 is 0 Å². The van der Waals surface area contributed by atoms with Crippen LogP contribution in [0, 0.1) is 0 Å². The van der Waals surface area contributed by atoms with Crippen LogP contribution in [0.1, 0.15) is 56.8 Å². The van der Waals surface area contributed by atoms with E-state index in [1.54, 1.807) is 0 Å². The summed E-state index contributed by atoms with van der Waals surface area (Å²) in [5.74, 6) is 0. The van der Waals surface area contributed by atoms with Crippen LogP contribution in [0.2, 0.25) is 0 Å². The first kappa shape index (κ1) is 12.2. The van der Waals surface area contributed by atoms with E-state index in [4.69, 9.17) is 0 Å². The Kier molecular flexibility index (Phi) is 3.69. The van der Waals surface area contributed by atoms with E-state index < -0.39 is 0 Å². The SMILES string of the molecule is CCn1cnc2c1CCC(NC1CCCCC1)C2. The Bertz CT molecular complexity index is 390. The van der Waals surface area contributed by atoms with Gasteiger partial charge in [-0.2, -0.15) is 0 Å². The molecule has 3 nitrogen and oxygen atoms in total. The Morgan fingerprint density at radius 3 is 2.83 bits per heavy atom. The zero-order valence-corrected chi connectivity index (χ0v) is 11.5. The molecule has 1 saturated carbocycles. The monoisotopic (exact) mass is 247 g/mol. The Morgan fingerprint density at radius 2 is 2.06 bits per heavy atom. The number of nitrogens with zero attached hydrogens (tertiary/aromatic N) is 2. The molecule has 2 aliphatic carbocycles. The lowest BCUT2D eigenvalue weighted by Crippen LogP contribution is -2.42. The minimum Gasteiger partial charge on any atom is -0.335 e. The summed E-state index contributed by atoms with van der Waals surface area (Å²) >= 11 is 0. The van der Waals surface area contributed by atoms with Crippen LogP contribution in [0.5, 0.6) is 0 Å². The minimum atomic E-state index is 0.667. The summed E-state index contributed by atoms with van der Waals surface area (Å²) in [5.41, 5.74) is 2.83. The minimum absolute atomic E-state index is 0.667. The number of nitrogens with one attached hydrogen (secondary N) is 1. The average Bonchev–Trinajstić information content (AvgIpc) is 2.82. The fourth-order valence-corrected chi connectivity index (χ4v) is 3.57. The molecule has 3 rings (SSSR count). The highest BCUT2D eigenvalue weighted by atomic mass is 15.1. The van der Waals surface area contributed by atoms with E-state index in [1.807, 2.05) is 6.33 Å². The lowest BCUT2D eigenvalue weighted by Gasteiger charge is -2.30. The largest absolute Gasteiger partial charge is 0.335 e. The van der Waals surface area contributed by atoms with E-state index in [9.17, 15) is 0 Å². The molecule has 1 fully saturated rings. The fraction of sp³-hybridized carbons (Fsp3) is 0.800. The third kappa shape index (κ3) is 2.46. The number of hydrogen-bond acceptors (Lipinski definition) is 2. The van der Waals surface area contributed by atoms with Gasteiger partial charge in [-0.3, -0.25) is 0 Å². The van der Waals surface area contributed by atoms with Crippen LogP contribution < -0.4 is 5.32 Å². The van der Waals surface area contributed by atoms with Gasteiger partial charge in [0.1, 0.15) is 0 Å². The second kappa shape index (κ2) is 5.43. The summed E-state index contributed by atoms with van der Waals surface area (Å²) in [6, 6.07) is 1.44. The van der Waals surface area contributed by atoms with E-state index in [2.05, 4.69) is 21.8 Å². The van der Waals surface area contributed by atoms with Crippen molar-refractivity contribution in [2.24, 2.45) is 0 Å². The van der Waals surface area contributed by atoms with Crippen molar-refractivity contribution >= 4 is 0 Å². The van der Waals surface area contributed by atoms with Crippen molar-refractivity contribution in [1.82, 2.24) is 14.9 Å². The number of hydrogen-bond donors (Lipinski definition) is 1. The summed E-state index contributed by atoms with van der Waals surface area (Å²) in [7, 11) is 0. The third-order valence-corrected chi connectivity index (χ3v) is 4.62. The first-order chi connectivity index (χ1) is 8.86. The zero-order chi connectivity index (χ0) is 12.4. The molecule has 0 saturated heterocycles. The van der Waals surface area contributed by atoms with Gasteiger partial charge < -0.3 is 9.88 Å². The van der Waals surface area contributed by atoms with Gasteiger partial charge in [-0.1, -0.05) is 19.3 Å². The Hall–Kier alpha value is -0.830. The lowest BCUT2D eigenvalue weighted by atomic mass is 9.91. The highest BCUT2D eigenvalue weighted by molar-refractivity contribution is 5.18. The predicted molar refractivity (Wildman–Crippen MR) is 73.7 cm³/mol. The second-order valence-corrected chi connectivity index (χ2v) is 5.87. The standard InChI is InChI=1S/C15H25N3/c1-2-18-11-16-14-10-13(8-9-15(14)18)17-12-6-4-3-5-7-12/h11-13,17H,2-10H2,1H3. The van der Waals surface area contributed by atoms with Gasteiger partial charge in [-0.25, -0.2) is 4.98 Å². The van der Waals surface area contributed by atoms with E-state index in [0.717, 1.165) is 19.0 Å². The van der Waals surface area contributed by atoms with Crippen LogP contribution in [-0.2, 0) is 19.4 Å². The summed E-state index contributed by atoms with van der Waals surface area (Å²) in [6.45, 7) is 3.26. The lowest BCUT2D eigenvalue weighted by molar-refractivity contribution is 0.318. The van der Waals surface area contributed by atoms with Crippen LogP contribution in [0.4, 0.5) is 0 Å². The Morgan fingerprint density at radius 1 is 1.22 bits per heavy atom. The molecule has 2 aliphatic rings. The average molecular weight is 247 g/mol. The van der Waals surface area contributed by atoms with Gasteiger partial charge in [-0.15, -0.1) is 0 Å². The third-order valence-electron chi connectivity index (χ3n) is 4.62. The fourth-order valence-electron chi connectivity index (χ4n) is 3.57. The molecule has 1 atom stereocenters. The number of aryl methyl sites for hydroxylation is 1. The summed E-state index contributed by atoms with van der Waals surface area (Å²) in [5, 5.41) is 3.88. The van der Waals surface area contributed by atoms with Crippen LogP contribution in [0.15, 0.2) is 6.33 Å². The van der Waals surface area contributed by atoms with Crippen molar-refractivity contribution in [2.75, 3.05) is 0 Å². The molecule has 0 aromatic carbocycles. The topological polar surface area (TPSA) is 29.9 Å². The molecular formula is C15H25N3. The first-order valence-corrected chi connectivity index (χ1v) is 7.65. The summed E-state index contributed by atoms with van der Waals surface area (Å²) < 4.78 is 2.31. The quantitative estimate of drug-likeness (QED) is 0.890. The van der Waals surface area contributed by atoms with Crippen LogP contribution in [-0.4, -0.2) is 21.6 Å². The number of imidazole rings is 1. The van der Waals surface area contributed by atoms with Crippen molar-refractivity contribution in [2.45, 2.75) is 76.9 Å². The number of rotatable bonds is 3. The molecule has 0 bridgehead atoms. The molecule has 3 heteroatoms. The molecule has 0 aliphatic heterocycles. The molecule has 1 unspecified atom stereocenters. The Labute approximate surface area is 110 Å². The second-order valence-electron chi connectivity index (χ2n) is 5.87. The smallest absolute Gasteiger partial charge is 0.0951 e. The van der Waals surface area contributed by atoms with Crippen molar-refractivity contribution in [3.63, 3.8) is 0 Å². The molecule has 0 radical (unpaired) electrons. The molecule has 1 aromatic heterocycles. The highest BCUT2D eigenvalue weighted by Crippen LogP contribution is 2.23. The molecule has 1 aromatic rings. The Balaban J connectivity index is 1.60. The molecule has 1 N–H and O–H groups in total. The van der Waals surface area contributed by atoms with Crippen molar-refractivity contribution in [3.8, 4) is 0 Å². The molecule has 1 heterocycles. The van der Waals surface area contributed by atoms with Gasteiger partial charge in [0.25, 0.3) is 0 Å². The van der Waals surface area contributed by atoms with E-state index >= 15 is 0 Å². The van der Waals surface area contributed by atoms with Gasteiger partial charge in [0.05, 0.1) is 12.0 Å². The van der Waals surface area contributed by atoms with Crippen LogP contribution in [0.25, 0.3) is 0 Å². The summed E-state index contributed by atoms with van der Waals surface area (Å²) in [4.78, 5) is 4.59. The molecule has 18 heavy (non-hydrogen) atoms. The predicted octanol–water partition coefficient (Wildman–Crippen LogP) is 2.68. The maximum Gasteiger partial charge on any atom is 0.0951 e. The van der Waals surface area contributed by atoms with Gasteiger partial charge in [0.2, 0.25) is 0 Å². The van der Waals surface area contributed by atoms with Crippen LogP contribution in [0.3, 0.4) is 0 Å². The zero-order valence-electron chi connectivity index (χ0n) is 11.5. The maximum atomic E-state index is 4.59. The van der Waals surface area contributed by atoms with Gasteiger partial charge in [0, 0.05) is 30.7 Å². The van der Waals surface area contributed by atoms with Gasteiger partial charge in [-0.05, 0) is 32.6 Å². The number of aromatic nitrogens is 2. The molecule has 0 amide bonds. The van der Waals surface area contributed by atoms with Crippen molar-refractivity contribution in [1.29, 1.82) is 0 Å². The summed E-state index contributed by atoms with van der Waals surface area (Å²) in [6.07, 6.45) is 12.7. The van der Waals surface area contributed by atoms with Crippen molar-refractivity contribution < 1.29 is 0 Å². The van der Waals surface area contributed by atoms with E-state index in [-0.39, 0.29) is 0 Å². The van der Waals surface area contributed by atoms with Gasteiger partial charge in [0.15, 0.2) is 0 Å². The molecule has 0 spiro atoms. The number of fused-ring (bicyclic) bond motifs is 1. The van der Waals surface area contributed by atoms with Crippen molar-refractivity contribution in [3.05, 3.63) is 17.7 Å².